The van der Waals surface area contributed by atoms with Gasteiger partial charge >= 0.3 is 0 Å². The van der Waals surface area contributed by atoms with Crippen molar-refractivity contribution in [3.63, 3.8) is 0 Å². The lowest BCUT2D eigenvalue weighted by Crippen LogP contribution is -2.28. The third-order valence-corrected chi connectivity index (χ3v) is 15.0. The van der Waals surface area contributed by atoms with Gasteiger partial charge in [0.15, 0.2) is 0 Å². The Labute approximate surface area is 421 Å². The van der Waals surface area contributed by atoms with E-state index in [9.17, 15) is 0 Å². The van der Waals surface area contributed by atoms with Gasteiger partial charge in [0.2, 0.25) is 0 Å². The molecule has 0 radical (unpaired) electrons. The van der Waals surface area contributed by atoms with Crippen molar-refractivity contribution >= 4 is 60.2 Å². The molecule has 1 aliphatic carbocycles. The Morgan fingerprint density at radius 3 is 1.28 bits per heavy atom. The molecule has 0 aliphatic heterocycles. The van der Waals surface area contributed by atoms with Crippen LogP contribution in [0.5, 0.6) is 0 Å². The van der Waals surface area contributed by atoms with Gasteiger partial charge in [-0.05, 0) is 164 Å². The van der Waals surface area contributed by atoms with Crippen molar-refractivity contribution in [2.24, 2.45) is 0 Å². The molecule has 0 saturated carbocycles. The molecule has 0 N–H and O–H groups in total. The number of benzene rings is 12. The number of hydrogen-bond donors (Lipinski definition) is 0. The molecule has 1 atom stereocenters. The van der Waals surface area contributed by atoms with Crippen molar-refractivity contribution in [3.05, 3.63) is 308 Å². The molecule has 0 amide bonds. The van der Waals surface area contributed by atoms with Gasteiger partial charge in [-0.2, -0.15) is 0 Å². The molecule has 0 fully saturated rings. The van der Waals surface area contributed by atoms with Crippen molar-refractivity contribution in [3.8, 4) is 44.5 Å². The van der Waals surface area contributed by atoms with Crippen LogP contribution >= 0.6 is 0 Å². The van der Waals surface area contributed by atoms with Crippen LogP contribution in [0.1, 0.15) is 16.7 Å². The van der Waals surface area contributed by atoms with Crippen molar-refractivity contribution < 1.29 is 0 Å². The van der Waals surface area contributed by atoms with Crippen LogP contribution in [0.15, 0.2) is 292 Å². The minimum absolute atomic E-state index is 0.570. The molecule has 72 heavy (non-hydrogen) atoms. The molecule has 12 aromatic carbocycles. The Bertz CT molecular complexity index is 3940. The lowest BCUT2D eigenvalue weighted by Gasteiger charge is -2.34. The third kappa shape index (κ3) is 7.09. The first kappa shape index (κ1) is 42.8. The zero-order valence-corrected chi connectivity index (χ0v) is 39.8. The summed E-state index contributed by atoms with van der Waals surface area (Å²) in [5.41, 5.74) is 16.8. The van der Waals surface area contributed by atoms with Crippen LogP contribution in [-0.4, -0.2) is 0 Å². The van der Waals surface area contributed by atoms with Gasteiger partial charge in [-0.25, -0.2) is 0 Å². The van der Waals surface area contributed by atoms with Crippen molar-refractivity contribution in [2.45, 2.75) is 5.41 Å². The van der Waals surface area contributed by atoms with Crippen molar-refractivity contribution in [1.29, 1.82) is 0 Å². The largest absolute Gasteiger partial charge is 0.311 e. The fraction of sp³-hybridized carbons (Fsp3) is 0.0141. The van der Waals surface area contributed by atoms with E-state index in [2.05, 4.69) is 272 Å². The fourth-order valence-corrected chi connectivity index (χ4v) is 11.5. The first-order valence-corrected chi connectivity index (χ1v) is 24.8. The minimum atomic E-state index is -0.570. The minimum Gasteiger partial charge on any atom is -0.311 e. The van der Waals surface area contributed by atoms with Gasteiger partial charge in [-0.1, -0.05) is 232 Å². The maximum Gasteiger partial charge on any atom is 0.0708 e. The second kappa shape index (κ2) is 17.6. The van der Waals surface area contributed by atoms with Crippen molar-refractivity contribution in [1.82, 2.24) is 0 Å². The molecule has 1 heteroatoms. The highest BCUT2D eigenvalue weighted by Gasteiger charge is 2.46. The average molecular weight is 916 g/mol. The van der Waals surface area contributed by atoms with Crippen LogP contribution in [0.25, 0.3) is 87.6 Å². The highest BCUT2D eigenvalue weighted by molar-refractivity contribution is 6.10. The van der Waals surface area contributed by atoms with Crippen LogP contribution in [0.4, 0.5) is 17.1 Å². The average Bonchev–Trinajstić information content (AvgIpc) is 3.75. The second-order valence-corrected chi connectivity index (χ2v) is 19.0. The Morgan fingerprint density at radius 1 is 0.347 bits per heavy atom. The van der Waals surface area contributed by atoms with E-state index in [0.717, 1.165) is 33.8 Å². The highest BCUT2D eigenvalue weighted by atomic mass is 15.1. The summed E-state index contributed by atoms with van der Waals surface area (Å²) in [5, 5.41) is 10.1. The summed E-state index contributed by atoms with van der Waals surface area (Å²) in [6.45, 7) is 8.75. The van der Waals surface area contributed by atoms with Crippen LogP contribution in [-0.2, 0) is 5.41 Å². The van der Waals surface area contributed by atoms with Crippen LogP contribution in [0.3, 0.4) is 0 Å². The lowest BCUT2D eigenvalue weighted by atomic mass is 9.67. The Morgan fingerprint density at radius 2 is 0.750 bits per heavy atom. The van der Waals surface area contributed by atoms with Gasteiger partial charge in [-0.15, -0.1) is 0 Å². The van der Waals surface area contributed by atoms with E-state index < -0.39 is 5.41 Å². The maximum atomic E-state index is 4.76. The van der Waals surface area contributed by atoms with E-state index in [4.69, 9.17) is 6.58 Å². The predicted octanol–water partition coefficient (Wildman–Crippen LogP) is 19.4. The summed E-state index contributed by atoms with van der Waals surface area (Å²) >= 11 is 0. The second-order valence-electron chi connectivity index (χ2n) is 19.0. The number of fused-ring (bicyclic) bond motifs is 9. The topological polar surface area (TPSA) is 3.24 Å². The van der Waals surface area contributed by atoms with E-state index in [1.54, 1.807) is 0 Å². The summed E-state index contributed by atoms with van der Waals surface area (Å²) in [5.74, 6) is 0. The Hall–Kier alpha value is -9.30. The molecule has 1 unspecified atom stereocenters. The van der Waals surface area contributed by atoms with E-state index >= 15 is 0 Å². The highest BCUT2D eigenvalue weighted by Crippen LogP contribution is 2.57. The Balaban J connectivity index is 0.898. The SMILES string of the molecule is C=C/C=C\C(=C)C1(c2ccccc2)c2ccccc2-c2ccc(-c3ccc(N(c4ccc(-c5ccc6ccc7ccccc7c6c5)cc4)c4ccc(-c5ccc6ccc7ccccc7c6c5)cc4)cc3)cc21. The molecule has 0 aromatic heterocycles. The Kier molecular flexibility index (Phi) is 10.4. The predicted molar refractivity (Wildman–Crippen MR) is 308 cm³/mol. The summed E-state index contributed by atoms with van der Waals surface area (Å²) < 4.78 is 0. The zero-order chi connectivity index (χ0) is 48.2. The fourth-order valence-electron chi connectivity index (χ4n) is 11.5. The normalized spacial score (nSPS) is 13.9. The van der Waals surface area contributed by atoms with Crippen molar-refractivity contribution in [2.75, 3.05) is 4.90 Å². The quantitative estimate of drug-likeness (QED) is 0.0976. The molecule has 338 valence electrons. The number of allylic oxidation sites excluding steroid dienone is 4. The monoisotopic (exact) mass is 915 g/mol. The third-order valence-electron chi connectivity index (χ3n) is 15.0. The molecular weight excluding hydrogens is 867 g/mol. The van der Waals surface area contributed by atoms with E-state index in [1.165, 1.54) is 93.2 Å². The zero-order valence-electron chi connectivity index (χ0n) is 39.8. The van der Waals surface area contributed by atoms with E-state index in [0.29, 0.717) is 0 Å². The number of rotatable bonds is 10. The lowest BCUT2D eigenvalue weighted by molar-refractivity contribution is 0.770. The van der Waals surface area contributed by atoms with Gasteiger partial charge < -0.3 is 4.90 Å². The first-order chi connectivity index (χ1) is 35.5. The number of hydrogen-bond acceptors (Lipinski definition) is 1. The molecule has 0 saturated heterocycles. The molecule has 0 spiro atoms. The molecule has 12 aromatic rings. The molecule has 0 bridgehead atoms. The molecule has 13 rings (SSSR count). The summed E-state index contributed by atoms with van der Waals surface area (Å²) in [7, 11) is 0. The maximum absolute atomic E-state index is 4.76. The van der Waals surface area contributed by atoms with Gasteiger partial charge in [0.1, 0.15) is 0 Å². The van der Waals surface area contributed by atoms with Gasteiger partial charge in [0.25, 0.3) is 0 Å². The number of anilines is 3. The molecular formula is C71H49N. The van der Waals surface area contributed by atoms with Gasteiger partial charge in [0.05, 0.1) is 5.41 Å². The number of nitrogens with zero attached hydrogens (tertiary/aromatic N) is 1. The van der Waals surface area contributed by atoms with Crippen LogP contribution < -0.4 is 4.90 Å². The summed E-state index contributed by atoms with van der Waals surface area (Å²) in [6, 6.07) is 93.6. The van der Waals surface area contributed by atoms with Crippen LogP contribution in [0, 0.1) is 0 Å². The smallest absolute Gasteiger partial charge is 0.0708 e. The van der Waals surface area contributed by atoms with E-state index in [1.807, 2.05) is 12.2 Å². The summed E-state index contributed by atoms with van der Waals surface area (Å²) in [4.78, 5) is 2.37. The van der Waals surface area contributed by atoms with Crippen LogP contribution in [0.2, 0.25) is 0 Å². The molecule has 0 heterocycles. The standard InChI is InChI=1S/C71H49N/c1-3-4-14-48(2)71(59-17-6-5-7-18-59)69-22-13-12-21-65(69)66-44-37-58(47-70(66)71)51-35-42-62(43-36-51)72(60-38-31-49(32-39-60)56-29-27-54-25-23-52-15-8-10-19-63(52)67(54)45-56)61-40-33-50(34-41-61)57-30-28-55-26-24-53-16-9-11-20-64(53)68(55)46-57/h3-47H,1-2H2/b14-4-. The first-order valence-electron chi connectivity index (χ1n) is 24.8. The molecule has 1 nitrogen and oxygen atoms in total. The summed E-state index contributed by atoms with van der Waals surface area (Å²) in [6.07, 6.45) is 5.95. The van der Waals surface area contributed by atoms with Gasteiger partial charge in [-0.3, -0.25) is 0 Å². The molecule has 1 aliphatic rings. The van der Waals surface area contributed by atoms with E-state index in [-0.39, 0.29) is 0 Å². The van der Waals surface area contributed by atoms with Gasteiger partial charge in [0, 0.05) is 17.1 Å².